The summed E-state index contributed by atoms with van der Waals surface area (Å²) in [6.07, 6.45) is 0. The first-order valence-electron chi connectivity index (χ1n) is 5.49. The molecule has 0 spiro atoms. The lowest BCUT2D eigenvalue weighted by Gasteiger charge is -2.06. The van der Waals surface area contributed by atoms with Gasteiger partial charge in [-0.05, 0) is 31.3 Å². The average molecular weight is 286 g/mol. The highest BCUT2D eigenvalue weighted by molar-refractivity contribution is 7.11. The number of ether oxygens (including phenoxy) is 1. The van der Waals surface area contributed by atoms with Crippen LogP contribution in [0, 0.1) is 5.82 Å². The highest BCUT2D eigenvalue weighted by atomic mass is 35.5. The number of hydrogen-bond acceptors (Lipinski definition) is 3. The van der Waals surface area contributed by atoms with Crippen LogP contribution < -0.4 is 10.1 Å². The quantitative estimate of drug-likeness (QED) is 0.901. The van der Waals surface area contributed by atoms with E-state index in [0.29, 0.717) is 17.4 Å². The lowest BCUT2D eigenvalue weighted by molar-refractivity contribution is 0.308. The van der Waals surface area contributed by atoms with Gasteiger partial charge in [-0.3, -0.25) is 0 Å². The molecule has 0 radical (unpaired) electrons. The summed E-state index contributed by atoms with van der Waals surface area (Å²) in [6.45, 7) is 1.24. The maximum absolute atomic E-state index is 13.0. The van der Waals surface area contributed by atoms with E-state index in [4.69, 9.17) is 16.3 Å². The Balaban J connectivity index is 1.99. The first kappa shape index (κ1) is 13.3. The summed E-state index contributed by atoms with van der Waals surface area (Å²) in [4.78, 5) is 2.32. The Morgan fingerprint density at radius 2 is 2.06 bits per heavy atom. The SMILES string of the molecule is CNCc1ccc(COc2cc(F)ccc2Cl)s1. The average Bonchev–Trinajstić information content (AvgIpc) is 2.79. The second kappa shape index (κ2) is 6.18. The van der Waals surface area contributed by atoms with Crippen molar-refractivity contribution in [3.8, 4) is 5.75 Å². The van der Waals surface area contributed by atoms with E-state index in [2.05, 4.69) is 5.32 Å². The third kappa shape index (κ3) is 3.45. The monoisotopic (exact) mass is 285 g/mol. The minimum absolute atomic E-state index is 0.351. The first-order valence-corrected chi connectivity index (χ1v) is 6.68. The van der Waals surface area contributed by atoms with Crippen molar-refractivity contribution in [2.24, 2.45) is 0 Å². The summed E-state index contributed by atoms with van der Waals surface area (Å²) in [5, 5.41) is 3.51. The van der Waals surface area contributed by atoms with Crippen molar-refractivity contribution >= 4 is 22.9 Å². The van der Waals surface area contributed by atoms with E-state index in [9.17, 15) is 4.39 Å². The zero-order valence-electron chi connectivity index (χ0n) is 9.87. The molecule has 2 aromatic rings. The van der Waals surface area contributed by atoms with Crippen LogP contribution in [0.1, 0.15) is 9.75 Å². The normalized spacial score (nSPS) is 10.6. The standard InChI is InChI=1S/C13H13ClFNOS/c1-16-7-10-3-4-11(18-10)8-17-13-6-9(15)2-5-12(13)14/h2-6,16H,7-8H2,1H3. The van der Waals surface area contributed by atoms with E-state index in [1.165, 1.54) is 23.1 Å². The predicted octanol–water partition coefficient (Wildman–Crippen LogP) is 3.84. The molecule has 0 bridgehead atoms. The molecule has 5 heteroatoms. The summed E-state index contributed by atoms with van der Waals surface area (Å²) in [5.41, 5.74) is 0. The second-order valence-corrected chi connectivity index (χ2v) is 5.42. The molecule has 0 unspecified atom stereocenters. The Labute approximate surface area is 114 Å². The summed E-state index contributed by atoms with van der Waals surface area (Å²) >= 11 is 7.58. The van der Waals surface area contributed by atoms with Gasteiger partial charge in [0.15, 0.2) is 0 Å². The van der Waals surface area contributed by atoms with Gasteiger partial charge in [0.25, 0.3) is 0 Å². The number of thiophene rings is 1. The van der Waals surface area contributed by atoms with E-state index >= 15 is 0 Å². The van der Waals surface area contributed by atoms with E-state index in [1.54, 1.807) is 11.3 Å². The highest BCUT2D eigenvalue weighted by Gasteiger charge is 2.05. The van der Waals surface area contributed by atoms with Gasteiger partial charge in [-0.25, -0.2) is 4.39 Å². The van der Waals surface area contributed by atoms with Gasteiger partial charge in [0.1, 0.15) is 18.2 Å². The fraction of sp³-hybridized carbons (Fsp3) is 0.231. The molecule has 96 valence electrons. The van der Waals surface area contributed by atoms with Gasteiger partial charge in [-0.15, -0.1) is 11.3 Å². The van der Waals surface area contributed by atoms with Crippen molar-refractivity contribution in [2.45, 2.75) is 13.2 Å². The Morgan fingerprint density at radius 1 is 1.28 bits per heavy atom. The van der Waals surface area contributed by atoms with Crippen LogP contribution in [-0.4, -0.2) is 7.05 Å². The second-order valence-electron chi connectivity index (χ2n) is 3.76. The van der Waals surface area contributed by atoms with Crippen molar-refractivity contribution in [3.05, 3.63) is 50.9 Å². The van der Waals surface area contributed by atoms with Crippen LogP contribution in [0.3, 0.4) is 0 Å². The summed E-state index contributed by atoms with van der Waals surface area (Å²) < 4.78 is 18.5. The Bertz CT molecular complexity index is 529. The van der Waals surface area contributed by atoms with Gasteiger partial charge >= 0.3 is 0 Å². The van der Waals surface area contributed by atoms with Gasteiger partial charge in [0, 0.05) is 22.4 Å². The lowest BCUT2D eigenvalue weighted by atomic mass is 10.3. The van der Waals surface area contributed by atoms with Gasteiger partial charge in [-0.2, -0.15) is 0 Å². The molecule has 0 aliphatic carbocycles. The van der Waals surface area contributed by atoms with E-state index in [0.717, 1.165) is 11.4 Å². The number of halogens is 2. The third-order valence-electron chi connectivity index (χ3n) is 2.33. The zero-order chi connectivity index (χ0) is 13.0. The topological polar surface area (TPSA) is 21.3 Å². The van der Waals surface area contributed by atoms with E-state index in [-0.39, 0.29) is 5.82 Å². The van der Waals surface area contributed by atoms with Crippen molar-refractivity contribution in [1.29, 1.82) is 0 Å². The van der Waals surface area contributed by atoms with Gasteiger partial charge in [-0.1, -0.05) is 11.6 Å². The number of benzene rings is 1. The molecule has 1 heterocycles. The summed E-state index contributed by atoms with van der Waals surface area (Å²) in [6, 6.07) is 8.15. The highest BCUT2D eigenvalue weighted by Crippen LogP contribution is 2.26. The first-order chi connectivity index (χ1) is 8.69. The minimum atomic E-state index is -0.351. The molecule has 0 aliphatic rings. The molecule has 2 nitrogen and oxygen atoms in total. The molecule has 0 fully saturated rings. The molecule has 18 heavy (non-hydrogen) atoms. The molecule has 2 rings (SSSR count). The molecule has 0 saturated heterocycles. The third-order valence-corrected chi connectivity index (χ3v) is 3.70. The molecule has 1 N–H and O–H groups in total. The number of nitrogens with one attached hydrogen (secondary N) is 1. The van der Waals surface area contributed by atoms with Crippen LogP contribution in [0.25, 0.3) is 0 Å². The predicted molar refractivity (Wildman–Crippen MR) is 72.8 cm³/mol. The molecular weight excluding hydrogens is 273 g/mol. The van der Waals surface area contributed by atoms with Crippen LogP contribution in [0.4, 0.5) is 4.39 Å². The van der Waals surface area contributed by atoms with E-state index in [1.807, 2.05) is 19.2 Å². The molecule has 0 amide bonds. The van der Waals surface area contributed by atoms with Crippen LogP contribution in [0.5, 0.6) is 5.75 Å². The van der Waals surface area contributed by atoms with Crippen LogP contribution in [0.15, 0.2) is 30.3 Å². The fourth-order valence-corrected chi connectivity index (χ4v) is 2.62. The summed E-state index contributed by atoms with van der Waals surface area (Å²) in [5.74, 6) is 0.0247. The molecular formula is C13H13ClFNOS. The molecule has 0 atom stereocenters. The van der Waals surface area contributed by atoms with Crippen LogP contribution >= 0.6 is 22.9 Å². The van der Waals surface area contributed by atoms with Crippen molar-refractivity contribution in [2.75, 3.05) is 7.05 Å². The van der Waals surface area contributed by atoms with Crippen molar-refractivity contribution in [3.63, 3.8) is 0 Å². The van der Waals surface area contributed by atoms with Crippen molar-refractivity contribution in [1.82, 2.24) is 5.32 Å². The number of hydrogen-bond donors (Lipinski definition) is 1. The van der Waals surface area contributed by atoms with Gasteiger partial charge in [0.2, 0.25) is 0 Å². The van der Waals surface area contributed by atoms with Gasteiger partial charge < -0.3 is 10.1 Å². The maximum Gasteiger partial charge on any atom is 0.141 e. The van der Waals surface area contributed by atoms with Crippen molar-refractivity contribution < 1.29 is 9.13 Å². The smallest absolute Gasteiger partial charge is 0.141 e. The Morgan fingerprint density at radius 3 is 2.83 bits per heavy atom. The maximum atomic E-state index is 13.0. The number of rotatable bonds is 5. The lowest BCUT2D eigenvalue weighted by Crippen LogP contribution is -2.02. The van der Waals surface area contributed by atoms with E-state index < -0.39 is 0 Å². The van der Waals surface area contributed by atoms with Gasteiger partial charge in [0.05, 0.1) is 5.02 Å². The van der Waals surface area contributed by atoms with Crippen LogP contribution in [0.2, 0.25) is 5.02 Å². The Hall–Kier alpha value is -1.10. The fourth-order valence-electron chi connectivity index (χ4n) is 1.51. The molecule has 0 saturated carbocycles. The van der Waals surface area contributed by atoms with Crippen LogP contribution in [-0.2, 0) is 13.2 Å². The minimum Gasteiger partial charge on any atom is -0.486 e. The molecule has 0 aliphatic heterocycles. The zero-order valence-corrected chi connectivity index (χ0v) is 11.4. The Kier molecular flexibility index (Phi) is 4.58. The summed E-state index contributed by atoms with van der Waals surface area (Å²) in [7, 11) is 1.91. The molecule has 1 aromatic heterocycles. The molecule has 1 aromatic carbocycles. The largest absolute Gasteiger partial charge is 0.486 e.